The molecule has 4 rings (SSSR count). The number of hydrogen-bond donors (Lipinski definition) is 1. The molecule has 7 heteroatoms. The molecule has 2 saturated carbocycles. The predicted octanol–water partition coefficient (Wildman–Crippen LogP) is 2.31. The van der Waals surface area contributed by atoms with E-state index in [0.29, 0.717) is 17.9 Å². The fourth-order valence-corrected chi connectivity index (χ4v) is 3.64. The first kappa shape index (κ1) is 12.1. The lowest BCUT2D eigenvalue weighted by Gasteiger charge is -2.22. The van der Waals surface area contributed by atoms with Crippen LogP contribution in [0.5, 0.6) is 0 Å². The van der Waals surface area contributed by atoms with Gasteiger partial charge in [0.15, 0.2) is 0 Å². The number of hydrogen-bond acceptors (Lipinski definition) is 5. The van der Waals surface area contributed by atoms with Crippen LogP contribution in [0.4, 0.5) is 5.95 Å². The molecular weight excluding hydrogens is 276 g/mol. The number of halogens is 1. The number of anilines is 1. The van der Waals surface area contributed by atoms with Crippen molar-refractivity contribution in [3.8, 4) is 5.95 Å². The minimum atomic E-state index is 0.203. The zero-order valence-electron chi connectivity index (χ0n) is 10.9. The fourth-order valence-electron chi connectivity index (χ4n) is 3.48. The molecule has 3 atom stereocenters. The third-order valence-corrected chi connectivity index (χ3v) is 4.55. The van der Waals surface area contributed by atoms with Crippen LogP contribution in [0.15, 0.2) is 18.7 Å². The lowest BCUT2D eigenvalue weighted by Crippen LogP contribution is -2.27. The summed E-state index contributed by atoms with van der Waals surface area (Å²) in [5.74, 6) is 2.69. The van der Waals surface area contributed by atoms with Crippen molar-refractivity contribution in [2.75, 3.05) is 5.32 Å². The Morgan fingerprint density at radius 2 is 2.15 bits per heavy atom. The molecule has 1 N–H and O–H groups in total. The minimum absolute atomic E-state index is 0.203. The van der Waals surface area contributed by atoms with E-state index in [1.54, 1.807) is 23.3 Å². The summed E-state index contributed by atoms with van der Waals surface area (Å²) in [4.78, 5) is 16.7. The Balaban J connectivity index is 1.59. The molecule has 3 unspecified atom stereocenters. The Bertz CT molecular complexity index is 613. The quantitative estimate of drug-likeness (QED) is 0.939. The normalized spacial score (nSPS) is 27.9. The summed E-state index contributed by atoms with van der Waals surface area (Å²) in [7, 11) is 0. The zero-order chi connectivity index (χ0) is 13.5. The SMILES string of the molecule is Clc1nc(NC2CC3CCC2C3)nc(-n2ccnc2)n1. The maximum atomic E-state index is 6.00. The van der Waals surface area contributed by atoms with Crippen molar-refractivity contribution in [1.29, 1.82) is 0 Å². The van der Waals surface area contributed by atoms with Gasteiger partial charge in [-0.05, 0) is 42.7 Å². The summed E-state index contributed by atoms with van der Waals surface area (Å²) in [5, 5.41) is 3.64. The molecule has 104 valence electrons. The molecule has 0 spiro atoms. The zero-order valence-corrected chi connectivity index (χ0v) is 11.7. The highest BCUT2D eigenvalue weighted by molar-refractivity contribution is 6.28. The van der Waals surface area contributed by atoms with E-state index in [9.17, 15) is 0 Å². The number of imidazole rings is 1. The molecule has 2 aromatic heterocycles. The van der Waals surface area contributed by atoms with Gasteiger partial charge in [-0.3, -0.25) is 4.57 Å². The molecule has 2 heterocycles. The van der Waals surface area contributed by atoms with Crippen LogP contribution in [0.1, 0.15) is 25.7 Å². The summed E-state index contributed by atoms with van der Waals surface area (Å²) < 4.78 is 1.72. The van der Waals surface area contributed by atoms with Gasteiger partial charge in [0.05, 0.1) is 0 Å². The smallest absolute Gasteiger partial charge is 0.241 e. The van der Waals surface area contributed by atoms with Gasteiger partial charge in [-0.15, -0.1) is 0 Å². The van der Waals surface area contributed by atoms with Gasteiger partial charge in [-0.25, -0.2) is 4.98 Å². The third kappa shape index (κ3) is 2.14. The van der Waals surface area contributed by atoms with E-state index in [4.69, 9.17) is 11.6 Å². The van der Waals surface area contributed by atoms with Crippen LogP contribution in [-0.2, 0) is 0 Å². The van der Waals surface area contributed by atoms with Gasteiger partial charge in [0.2, 0.25) is 17.2 Å². The first-order valence-electron chi connectivity index (χ1n) is 6.94. The number of nitrogens with zero attached hydrogens (tertiary/aromatic N) is 5. The highest BCUT2D eigenvalue weighted by atomic mass is 35.5. The molecule has 2 aromatic rings. The second-order valence-corrected chi connectivity index (χ2v) is 5.96. The van der Waals surface area contributed by atoms with Gasteiger partial charge in [-0.1, -0.05) is 6.42 Å². The number of fused-ring (bicyclic) bond motifs is 2. The number of nitrogens with one attached hydrogen (secondary N) is 1. The summed E-state index contributed by atoms with van der Waals surface area (Å²) in [6.07, 6.45) is 10.4. The molecule has 0 radical (unpaired) electrons. The van der Waals surface area contributed by atoms with E-state index in [1.165, 1.54) is 25.7 Å². The Labute approximate surface area is 121 Å². The van der Waals surface area contributed by atoms with Crippen LogP contribution < -0.4 is 5.32 Å². The van der Waals surface area contributed by atoms with Gasteiger partial charge < -0.3 is 5.32 Å². The van der Waals surface area contributed by atoms with Gasteiger partial charge in [0.1, 0.15) is 6.33 Å². The van der Waals surface area contributed by atoms with Crippen molar-refractivity contribution in [2.45, 2.75) is 31.7 Å². The van der Waals surface area contributed by atoms with Crippen LogP contribution in [0, 0.1) is 11.8 Å². The molecule has 6 nitrogen and oxygen atoms in total. The maximum Gasteiger partial charge on any atom is 0.241 e. The highest BCUT2D eigenvalue weighted by Crippen LogP contribution is 2.45. The van der Waals surface area contributed by atoms with E-state index in [-0.39, 0.29) is 5.28 Å². The van der Waals surface area contributed by atoms with Crippen LogP contribution in [0.2, 0.25) is 5.28 Å². The van der Waals surface area contributed by atoms with E-state index in [2.05, 4.69) is 25.3 Å². The standard InChI is InChI=1S/C13H15ClN6/c14-11-17-12(16-10-6-8-1-2-9(10)5-8)19-13(18-11)20-4-3-15-7-20/h3-4,7-10H,1-2,5-6H2,(H,16,17,18,19). The Morgan fingerprint density at radius 3 is 2.85 bits per heavy atom. The largest absolute Gasteiger partial charge is 0.351 e. The second kappa shape index (κ2) is 4.70. The number of rotatable bonds is 3. The van der Waals surface area contributed by atoms with Gasteiger partial charge in [0.25, 0.3) is 0 Å². The van der Waals surface area contributed by atoms with Crippen molar-refractivity contribution < 1.29 is 0 Å². The Morgan fingerprint density at radius 1 is 1.20 bits per heavy atom. The van der Waals surface area contributed by atoms with Crippen LogP contribution in [-0.4, -0.2) is 30.5 Å². The topological polar surface area (TPSA) is 68.5 Å². The van der Waals surface area contributed by atoms with Gasteiger partial charge >= 0.3 is 0 Å². The Hall–Kier alpha value is -1.69. The molecule has 0 aliphatic heterocycles. The summed E-state index contributed by atoms with van der Waals surface area (Å²) in [6, 6.07) is 0.475. The van der Waals surface area contributed by atoms with Gasteiger partial charge in [0, 0.05) is 18.4 Å². The fraction of sp³-hybridized carbons (Fsp3) is 0.538. The van der Waals surface area contributed by atoms with E-state index in [0.717, 1.165) is 11.8 Å². The van der Waals surface area contributed by atoms with Crippen molar-refractivity contribution in [3.63, 3.8) is 0 Å². The van der Waals surface area contributed by atoms with E-state index < -0.39 is 0 Å². The predicted molar refractivity (Wildman–Crippen MR) is 74.8 cm³/mol. The average Bonchev–Trinajstić information content (AvgIpc) is 3.16. The van der Waals surface area contributed by atoms with Crippen molar-refractivity contribution in [3.05, 3.63) is 24.0 Å². The van der Waals surface area contributed by atoms with E-state index in [1.807, 2.05) is 0 Å². The lowest BCUT2D eigenvalue weighted by molar-refractivity contribution is 0.438. The number of aromatic nitrogens is 5. The molecule has 2 aliphatic carbocycles. The minimum Gasteiger partial charge on any atom is -0.351 e. The molecule has 0 amide bonds. The maximum absolute atomic E-state index is 6.00. The summed E-state index contributed by atoms with van der Waals surface area (Å²) >= 11 is 6.00. The van der Waals surface area contributed by atoms with Crippen LogP contribution in [0.3, 0.4) is 0 Å². The average molecular weight is 291 g/mol. The van der Waals surface area contributed by atoms with Crippen molar-refractivity contribution >= 4 is 17.5 Å². The summed E-state index contributed by atoms with van der Waals surface area (Å²) in [5.41, 5.74) is 0. The van der Waals surface area contributed by atoms with Crippen molar-refractivity contribution in [1.82, 2.24) is 24.5 Å². The molecule has 2 bridgehead atoms. The van der Waals surface area contributed by atoms with Gasteiger partial charge in [-0.2, -0.15) is 15.0 Å². The first-order chi connectivity index (χ1) is 9.78. The lowest BCUT2D eigenvalue weighted by atomic mass is 9.95. The molecule has 2 fully saturated rings. The van der Waals surface area contributed by atoms with Crippen molar-refractivity contribution in [2.24, 2.45) is 11.8 Å². The second-order valence-electron chi connectivity index (χ2n) is 5.62. The molecular formula is C13H15ClN6. The Kier molecular flexibility index (Phi) is 2.84. The molecule has 0 aromatic carbocycles. The monoisotopic (exact) mass is 290 g/mol. The molecule has 20 heavy (non-hydrogen) atoms. The molecule has 2 aliphatic rings. The summed E-state index contributed by atoms with van der Waals surface area (Å²) in [6.45, 7) is 0. The third-order valence-electron chi connectivity index (χ3n) is 4.38. The molecule has 0 saturated heterocycles. The van der Waals surface area contributed by atoms with Crippen LogP contribution >= 0.6 is 11.6 Å². The first-order valence-corrected chi connectivity index (χ1v) is 7.32. The van der Waals surface area contributed by atoms with E-state index >= 15 is 0 Å². The highest BCUT2D eigenvalue weighted by Gasteiger charge is 2.39. The van der Waals surface area contributed by atoms with Crippen LogP contribution in [0.25, 0.3) is 5.95 Å².